The van der Waals surface area contributed by atoms with Gasteiger partial charge in [0.15, 0.2) is 0 Å². The Labute approximate surface area is 97.9 Å². The first kappa shape index (κ1) is 12.8. The molecule has 3 nitrogen and oxygen atoms in total. The van der Waals surface area contributed by atoms with E-state index in [2.05, 4.69) is 21.2 Å². The lowest BCUT2D eigenvalue weighted by molar-refractivity contribution is -0.150. The molecule has 0 atom stereocenters. The summed E-state index contributed by atoms with van der Waals surface area (Å²) >= 11 is 3.08. The van der Waals surface area contributed by atoms with Crippen LogP contribution in [0, 0.1) is 0 Å². The van der Waals surface area contributed by atoms with Crippen molar-refractivity contribution in [2.75, 3.05) is 11.1 Å². The number of benzene rings is 1. The van der Waals surface area contributed by atoms with Crippen molar-refractivity contribution in [1.29, 1.82) is 0 Å². The van der Waals surface area contributed by atoms with Gasteiger partial charge in [0.1, 0.15) is 6.42 Å². The number of rotatable bonds is 2. The lowest BCUT2D eigenvalue weighted by Crippen LogP contribution is -2.21. The molecule has 1 aromatic rings. The van der Waals surface area contributed by atoms with Gasteiger partial charge in [0, 0.05) is 10.2 Å². The van der Waals surface area contributed by atoms with Gasteiger partial charge in [-0.2, -0.15) is 13.2 Å². The zero-order valence-electron chi connectivity index (χ0n) is 7.94. The van der Waals surface area contributed by atoms with Crippen LogP contribution in [0.15, 0.2) is 22.7 Å². The average Bonchev–Trinajstić information content (AvgIpc) is 2.06. The average molecular weight is 297 g/mol. The van der Waals surface area contributed by atoms with Crippen molar-refractivity contribution in [2.45, 2.75) is 12.6 Å². The molecule has 3 N–H and O–H groups in total. The van der Waals surface area contributed by atoms with Gasteiger partial charge in [0.05, 0.1) is 5.69 Å². The topological polar surface area (TPSA) is 55.1 Å². The number of anilines is 2. The van der Waals surface area contributed by atoms with Crippen LogP contribution in [0.4, 0.5) is 24.5 Å². The van der Waals surface area contributed by atoms with E-state index in [1.165, 1.54) is 18.2 Å². The van der Waals surface area contributed by atoms with Gasteiger partial charge in [0.2, 0.25) is 5.91 Å². The van der Waals surface area contributed by atoms with Gasteiger partial charge in [-0.05, 0) is 34.1 Å². The molecule has 1 aromatic carbocycles. The summed E-state index contributed by atoms with van der Waals surface area (Å²) in [5, 5.41) is 2.13. The van der Waals surface area contributed by atoms with E-state index in [0.717, 1.165) is 0 Å². The molecule has 1 rings (SSSR count). The molecule has 0 saturated carbocycles. The van der Waals surface area contributed by atoms with Crippen LogP contribution >= 0.6 is 15.9 Å². The second-order valence-corrected chi connectivity index (χ2v) is 3.93. The van der Waals surface area contributed by atoms with Crippen LogP contribution in [0.25, 0.3) is 0 Å². The minimum Gasteiger partial charge on any atom is -0.399 e. The van der Waals surface area contributed by atoms with E-state index in [1.54, 1.807) is 0 Å². The number of carbonyl (C=O) groups is 1. The zero-order valence-corrected chi connectivity index (χ0v) is 9.52. The lowest BCUT2D eigenvalue weighted by atomic mass is 10.2. The molecule has 0 aliphatic rings. The van der Waals surface area contributed by atoms with Crippen molar-refractivity contribution in [2.24, 2.45) is 0 Å². The Morgan fingerprint density at radius 2 is 2.06 bits per heavy atom. The van der Waals surface area contributed by atoms with E-state index in [9.17, 15) is 18.0 Å². The third kappa shape index (κ3) is 4.09. The molecular formula is C9H8BrF3N2O. The highest BCUT2D eigenvalue weighted by molar-refractivity contribution is 9.10. The van der Waals surface area contributed by atoms with Crippen LogP contribution < -0.4 is 11.1 Å². The number of hydrogen-bond acceptors (Lipinski definition) is 2. The van der Waals surface area contributed by atoms with Crippen LogP contribution in [0.5, 0.6) is 0 Å². The molecule has 0 aromatic heterocycles. The first-order valence-electron chi connectivity index (χ1n) is 4.19. The highest BCUT2D eigenvalue weighted by Crippen LogP contribution is 2.26. The van der Waals surface area contributed by atoms with Gasteiger partial charge in [-0.1, -0.05) is 0 Å². The number of nitrogens with one attached hydrogen (secondary N) is 1. The second-order valence-electron chi connectivity index (χ2n) is 3.08. The minimum absolute atomic E-state index is 0.253. The van der Waals surface area contributed by atoms with E-state index in [4.69, 9.17) is 5.73 Å². The summed E-state index contributed by atoms with van der Waals surface area (Å²) in [5.41, 5.74) is 6.14. The Morgan fingerprint density at radius 3 is 2.56 bits per heavy atom. The third-order valence-electron chi connectivity index (χ3n) is 1.63. The largest absolute Gasteiger partial charge is 0.399 e. The molecule has 16 heavy (non-hydrogen) atoms. The number of hydrogen-bond donors (Lipinski definition) is 2. The Hall–Kier alpha value is -1.24. The van der Waals surface area contributed by atoms with Gasteiger partial charge < -0.3 is 11.1 Å². The predicted octanol–water partition coefficient (Wildman–Crippen LogP) is 2.92. The standard InChI is InChI=1S/C9H8BrF3N2O/c10-6-3-5(14)1-2-7(6)15-8(16)4-9(11,12)13/h1-3H,4,14H2,(H,15,16). The zero-order chi connectivity index (χ0) is 12.3. The van der Waals surface area contributed by atoms with E-state index in [0.29, 0.717) is 10.2 Å². The number of carbonyl (C=O) groups excluding carboxylic acids is 1. The molecule has 1 amide bonds. The molecule has 0 bridgehead atoms. The number of nitrogen functional groups attached to an aromatic ring is 1. The maximum Gasteiger partial charge on any atom is 0.397 e. The number of alkyl halides is 3. The summed E-state index contributed by atoms with van der Waals surface area (Å²) in [5.74, 6) is -1.11. The lowest BCUT2D eigenvalue weighted by Gasteiger charge is -2.09. The molecule has 0 spiro atoms. The van der Waals surface area contributed by atoms with Crippen LogP contribution in [0.2, 0.25) is 0 Å². The first-order chi connectivity index (χ1) is 7.28. The van der Waals surface area contributed by atoms with E-state index < -0.39 is 18.5 Å². The molecule has 0 aliphatic heterocycles. The van der Waals surface area contributed by atoms with E-state index >= 15 is 0 Å². The van der Waals surface area contributed by atoms with Crippen molar-refractivity contribution in [3.05, 3.63) is 22.7 Å². The second kappa shape index (κ2) is 4.73. The third-order valence-corrected chi connectivity index (χ3v) is 2.28. The maximum atomic E-state index is 11.9. The van der Waals surface area contributed by atoms with Gasteiger partial charge in [-0.25, -0.2) is 0 Å². The smallest absolute Gasteiger partial charge is 0.397 e. The molecule has 0 fully saturated rings. The van der Waals surface area contributed by atoms with E-state index in [1.807, 2.05) is 0 Å². The molecule has 0 unspecified atom stereocenters. The Morgan fingerprint density at radius 1 is 1.44 bits per heavy atom. The molecule has 0 heterocycles. The van der Waals surface area contributed by atoms with Crippen LogP contribution in [0.3, 0.4) is 0 Å². The summed E-state index contributed by atoms with van der Waals surface area (Å²) in [6.45, 7) is 0. The molecule has 0 radical (unpaired) electrons. The van der Waals surface area contributed by atoms with Gasteiger partial charge in [-0.3, -0.25) is 4.79 Å². The summed E-state index contributed by atoms with van der Waals surface area (Å²) < 4.78 is 36.1. The van der Waals surface area contributed by atoms with Crippen LogP contribution in [-0.2, 0) is 4.79 Å². The summed E-state index contributed by atoms with van der Waals surface area (Å²) in [6, 6.07) is 4.39. The Bertz CT molecular complexity index is 406. The number of nitrogens with two attached hydrogens (primary N) is 1. The Balaban J connectivity index is 2.70. The first-order valence-corrected chi connectivity index (χ1v) is 4.99. The van der Waals surface area contributed by atoms with Crippen molar-refractivity contribution in [3.8, 4) is 0 Å². The molecule has 7 heteroatoms. The molecular weight excluding hydrogens is 289 g/mol. The normalized spacial score (nSPS) is 11.2. The van der Waals surface area contributed by atoms with E-state index in [-0.39, 0.29) is 5.69 Å². The summed E-state index contributed by atoms with van der Waals surface area (Å²) in [7, 11) is 0. The minimum atomic E-state index is -4.51. The fourth-order valence-electron chi connectivity index (χ4n) is 1.01. The Kier molecular flexibility index (Phi) is 3.79. The highest BCUT2D eigenvalue weighted by Gasteiger charge is 2.31. The predicted molar refractivity (Wildman–Crippen MR) is 57.9 cm³/mol. The molecule has 0 aliphatic carbocycles. The van der Waals surface area contributed by atoms with Gasteiger partial charge in [-0.15, -0.1) is 0 Å². The maximum absolute atomic E-state index is 11.9. The molecule has 88 valence electrons. The molecule has 0 saturated heterocycles. The fraction of sp³-hybridized carbons (Fsp3) is 0.222. The number of halogens is 4. The van der Waals surface area contributed by atoms with Crippen molar-refractivity contribution in [3.63, 3.8) is 0 Å². The monoisotopic (exact) mass is 296 g/mol. The van der Waals surface area contributed by atoms with Crippen molar-refractivity contribution in [1.82, 2.24) is 0 Å². The highest BCUT2D eigenvalue weighted by atomic mass is 79.9. The van der Waals surface area contributed by atoms with Crippen LogP contribution in [-0.4, -0.2) is 12.1 Å². The van der Waals surface area contributed by atoms with Gasteiger partial charge >= 0.3 is 6.18 Å². The van der Waals surface area contributed by atoms with Crippen LogP contribution in [0.1, 0.15) is 6.42 Å². The van der Waals surface area contributed by atoms with Crippen molar-refractivity contribution >= 4 is 33.2 Å². The van der Waals surface area contributed by atoms with Crippen molar-refractivity contribution < 1.29 is 18.0 Å². The summed E-state index contributed by atoms with van der Waals surface area (Å²) in [6.07, 6.45) is -6.02. The summed E-state index contributed by atoms with van der Waals surface area (Å²) in [4.78, 5) is 11.0. The van der Waals surface area contributed by atoms with Gasteiger partial charge in [0.25, 0.3) is 0 Å². The number of amides is 1. The fourth-order valence-corrected chi connectivity index (χ4v) is 1.50. The quantitative estimate of drug-likeness (QED) is 0.825. The SMILES string of the molecule is Nc1ccc(NC(=O)CC(F)(F)F)c(Br)c1.